The Kier molecular flexibility index (Phi) is 5.46. The first-order chi connectivity index (χ1) is 9.63. The zero-order valence-corrected chi connectivity index (χ0v) is 11.8. The zero-order chi connectivity index (χ0) is 14.5. The predicted octanol–water partition coefficient (Wildman–Crippen LogP) is 2.07. The monoisotopic (exact) mass is 284 g/mol. The minimum absolute atomic E-state index is 0.0832. The molecule has 1 aliphatic heterocycles. The summed E-state index contributed by atoms with van der Waals surface area (Å²) >= 11 is 0. The van der Waals surface area contributed by atoms with Crippen LogP contribution in [-0.2, 0) is 0 Å². The number of hydrogen-bond donors (Lipinski definition) is 2. The molecule has 1 aliphatic rings. The molecule has 3 nitrogen and oxygen atoms in total. The Morgan fingerprint density at radius 2 is 2.05 bits per heavy atom. The molecule has 1 fully saturated rings. The van der Waals surface area contributed by atoms with Gasteiger partial charge in [0.1, 0.15) is 11.6 Å². The van der Waals surface area contributed by atoms with Crippen LogP contribution >= 0.6 is 0 Å². The molecule has 0 saturated carbocycles. The van der Waals surface area contributed by atoms with Crippen LogP contribution in [0.1, 0.15) is 30.9 Å². The third-order valence-electron chi connectivity index (χ3n) is 4.05. The van der Waals surface area contributed by atoms with Crippen LogP contribution in [0.5, 0.6) is 0 Å². The number of hydrogen-bond acceptors (Lipinski definition) is 3. The van der Waals surface area contributed by atoms with Crippen molar-refractivity contribution in [3.8, 4) is 0 Å². The van der Waals surface area contributed by atoms with E-state index in [2.05, 4.69) is 10.2 Å². The van der Waals surface area contributed by atoms with E-state index in [9.17, 15) is 13.9 Å². The molecule has 0 spiro atoms. The molecular weight excluding hydrogens is 262 g/mol. The molecule has 0 amide bonds. The fourth-order valence-electron chi connectivity index (χ4n) is 2.95. The van der Waals surface area contributed by atoms with Crippen molar-refractivity contribution in [1.82, 2.24) is 10.2 Å². The molecule has 0 aliphatic carbocycles. The molecule has 2 rings (SSSR count). The summed E-state index contributed by atoms with van der Waals surface area (Å²) in [5, 5.41) is 12.4. The number of nitrogens with one attached hydrogen (secondary N) is 1. The lowest BCUT2D eigenvalue weighted by Crippen LogP contribution is -2.34. The smallest absolute Gasteiger partial charge is 0.126 e. The van der Waals surface area contributed by atoms with Gasteiger partial charge in [-0.15, -0.1) is 0 Å². The third-order valence-corrected chi connectivity index (χ3v) is 4.05. The van der Waals surface area contributed by atoms with Gasteiger partial charge < -0.3 is 10.4 Å². The van der Waals surface area contributed by atoms with Crippen molar-refractivity contribution in [2.24, 2.45) is 0 Å². The molecule has 2 unspecified atom stereocenters. The second-order valence-electron chi connectivity index (χ2n) is 5.35. The summed E-state index contributed by atoms with van der Waals surface area (Å²) in [6.45, 7) is 1.98. The summed E-state index contributed by atoms with van der Waals surface area (Å²) < 4.78 is 26.5. The van der Waals surface area contributed by atoms with Gasteiger partial charge >= 0.3 is 0 Å². The van der Waals surface area contributed by atoms with E-state index < -0.39 is 11.6 Å². The second kappa shape index (κ2) is 7.11. The van der Waals surface area contributed by atoms with E-state index in [1.807, 2.05) is 0 Å². The molecule has 1 aromatic carbocycles. The average molecular weight is 284 g/mol. The van der Waals surface area contributed by atoms with Gasteiger partial charge in [-0.2, -0.15) is 0 Å². The van der Waals surface area contributed by atoms with Gasteiger partial charge in [0, 0.05) is 24.7 Å². The lowest BCUT2D eigenvalue weighted by molar-refractivity contribution is 0.154. The van der Waals surface area contributed by atoms with Gasteiger partial charge in [0.2, 0.25) is 0 Å². The van der Waals surface area contributed by atoms with E-state index in [-0.39, 0.29) is 18.7 Å². The van der Waals surface area contributed by atoms with Gasteiger partial charge in [0.25, 0.3) is 0 Å². The Morgan fingerprint density at radius 1 is 1.35 bits per heavy atom. The number of benzene rings is 1. The maximum atomic E-state index is 13.3. The third kappa shape index (κ3) is 3.75. The van der Waals surface area contributed by atoms with Crippen LogP contribution in [0.2, 0.25) is 0 Å². The molecule has 20 heavy (non-hydrogen) atoms. The summed E-state index contributed by atoms with van der Waals surface area (Å²) in [7, 11) is 1.79. The van der Waals surface area contributed by atoms with Crippen molar-refractivity contribution in [2.75, 3.05) is 26.7 Å². The minimum atomic E-state index is -0.547. The van der Waals surface area contributed by atoms with E-state index in [1.165, 1.54) is 12.1 Å². The highest BCUT2D eigenvalue weighted by Crippen LogP contribution is 2.22. The molecule has 2 atom stereocenters. The molecule has 112 valence electrons. The van der Waals surface area contributed by atoms with Crippen molar-refractivity contribution in [3.05, 3.63) is 35.4 Å². The molecule has 1 aromatic rings. The normalized spacial score (nSPS) is 21.3. The Hall–Kier alpha value is -1.04. The number of aliphatic hydroxyl groups excluding tert-OH is 1. The Morgan fingerprint density at radius 3 is 2.65 bits per heavy atom. The van der Waals surface area contributed by atoms with E-state index in [0.717, 1.165) is 38.4 Å². The van der Waals surface area contributed by atoms with Gasteiger partial charge in [-0.25, -0.2) is 8.78 Å². The number of rotatable bonds is 6. The highest BCUT2D eigenvalue weighted by molar-refractivity contribution is 5.21. The van der Waals surface area contributed by atoms with Crippen molar-refractivity contribution in [3.63, 3.8) is 0 Å². The summed E-state index contributed by atoms with van der Waals surface area (Å²) in [5.41, 5.74) is 0.629. The van der Waals surface area contributed by atoms with E-state index in [0.29, 0.717) is 5.56 Å². The average Bonchev–Trinajstić information content (AvgIpc) is 2.86. The Bertz CT molecular complexity index is 422. The summed E-state index contributed by atoms with van der Waals surface area (Å²) in [6.07, 6.45) is 2.88. The molecule has 5 heteroatoms. The van der Waals surface area contributed by atoms with Crippen LogP contribution < -0.4 is 5.32 Å². The maximum absolute atomic E-state index is 13.3. The van der Waals surface area contributed by atoms with Crippen LogP contribution in [0.4, 0.5) is 8.78 Å². The quantitative estimate of drug-likeness (QED) is 0.839. The van der Waals surface area contributed by atoms with Crippen molar-refractivity contribution in [2.45, 2.75) is 31.3 Å². The topological polar surface area (TPSA) is 35.5 Å². The van der Waals surface area contributed by atoms with Gasteiger partial charge in [0.15, 0.2) is 0 Å². The SMILES string of the molecule is CNC(CCN1CCCC1CO)c1cc(F)cc(F)c1. The highest BCUT2D eigenvalue weighted by atomic mass is 19.1. The van der Waals surface area contributed by atoms with Crippen molar-refractivity contribution in [1.29, 1.82) is 0 Å². The lowest BCUT2D eigenvalue weighted by Gasteiger charge is -2.25. The van der Waals surface area contributed by atoms with Crippen LogP contribution in [-0.4, -0.2) is 42.8 Å². The number of likely N-dealkylation sites (tertiary alicyclic amines) is 1. The molecule has 1 heterocycles. The Labute approximate surface area is 118 Å². The molecule has 0 bridgehead atoms. The van der Waals surface area contributed by atoms with Crippen molar-refractivity contribution >= 4 is 0 Å². The van der Waals surface area contributed by atoms with Gasteiger partial charge in [-0.05, 0) is 50.6 Å². The molecule has 1 saturated heterocycles. The lowest BCUT2D eigenvalue weighted by atomic mass is 10.0. The zero-order valence-electron chi connectivity index (χ0n) is 11.8. The van der Waals surface area contributed by atoms with E-state index >= 15 is 0 Å². The second-order valence-corrected chi connectivity index (χ2v) is 5.35. The van der Waals surface area contributed by atoms with Crippen LogP contribution in [0.25, 0.3) is 0 Å². The largest absolute Gasteiger partial charge is 0.395 e. The molecule has 0 radical (unpaired) electrons. The Balaban J connectivity index is 1.98. The number of halogens is 2. The van der Waals surface area contributed by atoms with E-state index in [4.69, 9.17) is 0 Å². The number of nitrogens with zero attached hydrogens (tertiary/aromatic N) is 1. The molecule has 2 N–H and O–H groups in total. The van der Waals surface area contributed by atoms with Crippen molar-refractivity contribution < 1.29 is 13.9 Å². The summed E-state index contributed by atoms with van der Waals surface area (Å²) in [4.78, 5) is 2.25. The summed E-state index contributed by atoms with van der Waals surface area (Å²) in [6, 6.07) is 3.78. The minimum Gasteiger partial charge on any atom is -0.395 e. The van der Waals surface area contributed by atoms with Gasteiger partial charge in [-0.1, -0.05) is 0 Å². The summed E-state index contributed by atoms with van der Waals surface area (Å²) in [5.74, 6) is -1.09. The van der Waals surface area contributed by atoms with Crippen LogP contribution in [0.3, 0.4) is 0 Å². The molecule has 0 aromatic heterocycles. The van der Waals surface area contributed by atoms with Crippen LogP contribution in [0.15, 0.2) is 18.2 Å². The standard InChI is InChI=1S/C15H22F2N2O/c1-18-15(11-7-12(16)9-13(17)8-11)4-6-19-5-2-3-14(19)10-20/h7-9,14-15,18,20H,2-6,10H2,1H3. The fraction of sp³-hybridized carbons (Fsp3) is 0.600. The first-order valence-electron chi connectivity index (χ1n) is 7.12. The van der Waals surface area contributed by atoms with Crippen LogP contribution in [0, 0.1) is 11.6 Å². The fourth-order valence-corrected chi connectivity index (χ4v) is 2.95. The molecular formula is C15H22F2N2O. The van der Waals surface area contributed by atoms with E-state index in [1.54, 1.807) is 7.05 Å². The van der Waals surface area contributed by atoms with Gasteiger partial charge in [0.05, 0.1) is 6.61 Å². The van der Waals surface area contributed by atoms with Gasteiger partial charge in [-0.3, -0.25) is 4.90 Å². The first kappa shape index (κ1) is 15.4. The highest BCUT2D eigenvalue weighted by Gasteiger charge is 2.24. The maximum Gasteiger partial charge on any atom is 0.126 e. The predicted molar refractivity (Wildman–Crippen MR) is 74.5 cm³/mol. The first-order valence-corrected chi connectivity index (χ1v) is 7.12. The number of aliphatic hydroxyl groups is 1.